The van der Waals surface area contributed by atoms with Crippen molar-refractivity contribution < 1.29 is 19.6 Å². The molecule has 0 aliphatic carbocycles. The van der Waals surface area contributed by atoms with Crippen molar-refractivity contribution in [3.05, 3.63) is 23.7 Å². The third kappa shape index (κ3) is 2.91. The maximum Gasteiger partial charge on any atom is 0.158 e. The molecule has 0 aromatic carbocycles. The molecule has 0 spiro atoms. The number of rotatable bonds is 4. The zero-order valence-electron chi connectivity index (χ0n) is 7.74. The fourth-order valence-electron chi connectivity index (χ4n) is 0.949. The maximum atomic E-state index is 10.3. The zero-order chi connectivity index (χ0) is 9.84. The molecule has 1 heterocycles. The molecule has 0 saturated heterocycles. The Hall–Kier alpha value is -1.29. The van der Waals surface area contributed by atoms with Crippen molar-refractivity contribution in [3.8, 4) is 0 Å². The number of aromatic carboxylic acids is 1. The van der Waals surface area contributed by atoms with Crippen LogP contribution in [0.15, 0.2) is 16.5 Å². The number of carboxylic acids is 1. The van der Waals surface area contributed by atoms with Gasteiger partial charge in [-0.2, -0.15) is 0 Å². The zero-order valence-corrected chi connectivity index (χ0v) is 7.74. The number of hydrogen-bond donors (Lipinski definition) is 1. The van der Waals surface area contributed by atoms with Gasteiger partial charge in [0.2, 0.25) is 0 Å². The van der Waals surface area contributed by atoms with Crippen LogP contribution in [0.1, 0.15) is 30.2 Å². The fraction of sp³-hybridized carbons (Fsp3) is 0.444. The molecule has 0 saturated carbocycles. The highest BCUT2D eigenvalue weighted by Crippen LogP contribution is 2.04. The lowest BCUT2D eigenvalue weighted by Gasteiger charge is -2.01. The van der Waals surface area contributed by atoms with Crippen molar-refractivity contribution in [2.45, 2.75) is 26.4 Å². The van der Waals surface area contributed by atoms with Gasteiger partial charge < -0.3 is 19.6 Å². The van der Waals surface area contributed by atoms with Gasteiger partial charge in [0.05, 0.1) is 6.04 Å². The lowest BCUT2D eigenvalue weighted by atomic mass is 10.3. The first-order valence-corrected chi connectivity index (χ1v) is 4.23. The number of carbonyl (C=O) groups is 1. The first-order valence-electron chi connectivity index (χ1n) is 4.23. The summed E-state index contributed by atoms with van der Waals surface area (Å²) in [4.78, 5) is 10.3. The van der Waals surface area contributed by atoms with Gasteiger partial charge in [0.15, 0.2) is 5.76 Å². The minimum absolute atomic E-state index is 0.104. The molecule has 0 radical (unpaired) electrons. The molecule has 0 fully saturated rings. The molecule has 72 valence electrons. The van der Waals surface area contributed by atoms with Crippen LogP contribution in [-0.2, 0) is 6.54 Å². The lowest BCUT2D eigenvalue weighted by Crippen LogP contribution is -2.86. The number of carboxylic acid groups (broad SMARTS) is 1. The van der Waals surface area contributed by atoms with Gasteiger partial charge in [0.25, 0.3) is 0 Å². The van der Waals surface area contributed by atoms with Crippen LogP contribution in [0.2, 0.25) is 0 Å². The highest BCUT2D eigenvalue weighted by atomic mass is 16.4. The minimum atomic E-state index is -1.27. The Morgan fingerprint density at radius 2 is 2.31 bits per heavy atom. The third-order valence-corrected chi connectivity index (χ3v) is 1.65. The summed E-state index contributed by atoms with van der Waals surface area (Å²) in [5.41, 5.74) is 0. The Labute approximate surface area is 76.6 Å². The number of carbonyl (C=O) groups excluding carboxylic acids is 1. The third-order valence-electron chi connectivity index (χ3n) is 1.65. The fourth-order valence-corrected chi connectivity index (χ4v) is 0.949. The summed E-state index contributed by atoms with van der Waals surface area (Å²) >= 11 is 0. The van der Waals surface area contributed by atoms with Gasteiger partial charge in [-0.05, 0) is 26.0 Å². The van der Waals surface area contributed by atoms with Crippen molar-refractivity contribution >= 4 is 5.97 Å². The van der Waals surface area contributed by atoms with E-state index in [-0.39, 0.29) is 5.76 Å². The van der Waals surface area contributed by atoms with Crippen LogP contribution in [0.3, 0.4) is 0 Å². The van der Waals surface area contributed by atoms with Crippen LogP contribution in [0.5, 0.6) is 0 Å². The summed E-state index contributed by atoms with van der Waals surface area (Å²) < 4.78 is 5.00. The molecular formula is C9H13NO3. The van der Waals surface area contributed by atoms with Gasteiger partial charge in [-0.25, -0.2) is 0 Å². The van der Waals surface area contributed by atoms with E-state index in [4.69, 9.17) is 4.42 Å². The smallest absolute Gasteiger partial charge is 0.158 e. The Balaban J connectivity index is 2.54. The van der Waals surface area contributed by atoms with Gasteiger partial charge in [-0.3, -0.25) is 0 Å². The largest absolute Gasteiger partial charge is 0.542 e. The SMILES string of the molecule is CC(C)[NH2+]Cc1ccc(C(=O)[O-])o1. The molecule has 1 aromatic heterocycles. The second kappa shape index (κ2) is 4.09. The van der Waals surface area contributed by atoms with E-state index in [9.17, 15) is 9.90 Å². The molecule has 1 aromatic rings. The second-order valence-corrected chi connectivity index (χ2v) is 3.24. The van der Waals surface area contributed by atoms with E-state index in [1.807, 2.05) is 0 Å². The highest BCUT2D eigenvalue weighted by molar-refractivity contribution is 5.82. The van der Waals surface area contributed by atoms with Gasteiger partial charge in [0, 0.05) is 0 Å². The normalized spacial score (nSPS) is 10.7. The van der Waals surface area contributed by atoms with Gasteiger partial charge in [-0.15, -0.1) is 0 Å². The first kappa shape index (κ1) is 9.80. The lowest BCUT2D eigenvalue weighted by molar-refractivity contribution is -0.699. The van der Waals surface area contributed by atoms with Crippen LogP contribution in [-0.4, -0.2) is 12.0 Å². The van der Waals surface area contributed by atoms with Crippen LogP contribution in [0.4, 0.5) is 0 Å². The summed E-state index contributed by atoms with van der Waals surface area (Å²) in [7, 11) is 0. The first-order chi connectivity index (χ1) is 6.09. The van der Waals surface area contributed by atoms with Gasteiger partial charge >= 0.3 is 0 Å². The Bertz CT molecular complexity index is 291. The second-order valence-electron chi connectivity index (χ2n) is 3.24. The van der Waals surface area contributed by atoms with E-state index in [1.165, 1.54) is 6.07 Å². The number of hydrogen-bond acceptors (Lipinski definition) is 3. The van der Waals surface area contributed by atoms with Crippen molar-refractivity contribution in [3.63, 3.8) is 0 Å². The van der Waals surface area contributed by atoms with Gasteiger partial charge in [-0.1, -0.05) is 0 Å². The molecule has 0 atom stereocenters. The number of quaternary nitrogens is 1. The molecule has 13 heavy (non-hydrogen) atoms. The van der Waals surface area contributed by atoms with E-state index in [0.29, 0.717) is 18.3 Å². The van der Waals surface area contributed by atoms with Crippen molar-refractivity contribution in [2.75, 3.05) is 0 Å². The summed E-state index contributed by atoms with van der Waals surface area (Å²) in [5, 5.41) is 12.4. The Morgan fingerprint density at radius 1 is 1.62 bits per heavy atom. The van der Waals surface area contributed by atoms with Crippen LogP contribution < -0.4 is 10.4 Å². The van der Waals surface area contributed by atoms with E-state index in [0.717, 1.165) is 0 Å². The van der Waals surface area contributed by atoms with E-state index in [1.54, 1.807) is 6.07 Å². The van der Waals surface area contributed by atoms with Gasteiger partial charge in [0.1, 0.15) is 18.3 Å². The summed E-state index contributed by atoms with van der Waals surface area (Å²) in [6.07, 6.45) is 0. The summed E-state index contributed by atoms with van der Waals surface area (Å²) in [5.74, 6) is -0.712. The number of nitrogens with two attached hydrogens (primary N) is 1. The molecule has 0 amide bonds. The average molecular weight is 183 g/mol. The quantitative estimate of drug-likeness (QED) is 0.658. The topological polar surface area (TPSA) is 69.9 Å². The standard InChI is InChI=1S/C9H13NO3/c1-6(2)10-5-7-3-4-8(13-7)9(11)12/h3-4,6,10H,5H2,1-2H3,(H,11,12). The summed E-state index contributed by atoms with van der Waals surface area (Å²) in [6, 6.07) is 3.54. The van der Waals surface area contributed by atoms with Crippen molar-refractivity contribution in [2.24, 2.45) is 0 Å². The van der Waals surface area contributed by atoms with E-state index < -0.39 is 5.97 Å². The molecule has 0 aliphatic rings. The van der Waals surface area contributed by atoms with E-state index in [2.05, 4.69) is 19.2 Å². The molecule has 0 aliphatic heterocycles. The predicted octanol–water partition coefficient (Wildman–Crippen LogP) is -0.885. The molecule has 0 unspecified atom stereocenters. The molecular weight excluding hydrogens is 170 g/mol. The minimum Gasteiger partial charge on any atom is -0.542 e. The Morgan fingerprint density at radius 3 is 2.77 bits per heavy atom. The summed E-state index contributed by atoms with van der Waals surface area (Å²) in [6.45, 7) is 4.77. The molecule has 1 rings (SSSR count). The maximum absolute atomic E-state index is 10.3. The predicted molar refractivity (Wildman–Crippen MR) is 43.8 cm³/mol. The highest BCUT2D eigenvalue weighted by Gasteiger charge is 2.04. The van der Waals surface area contributed by atoms with Crippen molar-refractivity contribution in [1.29, 1.82) is 0 Å². The molecule has 4 nitrogen and oxygen atoms in total. The van der Waals surface area contributed by atoms with Crippen LogP contribution in [0.25, 0.3) is 0 Å². The number of furan rings is 1. The van der Waals surface area contributed by atoms with Crippen LogP contribution >= 0.6 is 0 Å². The molecule has 4 heteroatoms. The van der Waals surface area contributed by atoms with Crippen molar-refractivity contribution in [1.82, 2.24) is 0 Å². The average Bonchev–Trinajstić information content (AvgIpc) is 2.48. The Kier molecular flexibility index (Phi) is 3.08. The monoisotopic (exact) mass is 183 g/mol. The van der Waals surface area contributed by atoms with E-state index >= 15 is 0 Å². The molecule has 0 bridgehead atoms. The molecule has 2 N–H and O–H groups in total. The van der Waals surface area contributed by atoms with Crippen LogP contribution in [0, 0.1) is 0 Å².